The Morgan fingerprint density at radius 2 is 1.67 bits per heavy atom. The van der Waals surface area contributed by atoms with Crippen molar-refractivity contribution in [3.8, 4) is 0 Å². The first-order valence-electron chi connectivity index (χ1n) is 6.83. The monoisotopic (exact) mass is 332 g/mol. The van der Waals surface area contributed by atoms with E-state index in [1.54, 1.807) is 54.6 Å². The number of hydrazone groups is 1. The van der Waals surface area contributed by atoms with Gasteiger partial charge in [0.25, 0.3) is 5.91 Å². The van der Waals surface area contributed by atoms with Gasteiger partial charge in [-0.2, -0.15) is 20.3 Å². The Morgan fingerprint density at radius 1 is 1.08 bits per heavy atom. The summed E-state index contributed by atoms with van der Waals surface area (Å²) in [6.45, 7) is 0. The van der Waals surface area contributed by atoms with E-state index in [9.17, 15) is 14.7 Å². The van der Waals surface area contributed by atoms with Crippen LogP contribution in [0.5, 0.6) is 0 Å². The molecule has 1 unspecified atom stereocenters. The SMILES string of the molecule is O=C(O)C1=NN(c2ccccc2)C(=O)C1N=Nc1ccccc1.[H-].[Na+]. The number of aliphatic carboxylic acids is 1. The molecule has 0 aromatic heterocycles. The molecule has 0 saturated heterocycles. The van der Waals surface area contributed by atoms with Crippen molar-refractivity contribution < 1.29 is 45.7 Å². The van der Waals surface area contributed by atoms with Crippen LogP contribution in [0.4, 0.5) is 11.4 Å². The molecular formula is C16H13N4NaO3. The molecule has 3 rings (SSSR count). The van der Waals surface area contributed by atoms with E-state index in [-0.39, 0.29) is 36.7 Å². The van der Waals surface area contributed by atoms with E-state index in [1.807, 2.05) is 6.07 Å². The summed E-state index contributed by atoms with van der Waals surface area (Å²) in [5, 5.41) is 22.0. The molecule has 0 aliphatic carbocycles. The first-order chi connectivity index (χ1) is 11.2. The number of benzene rings is 2. The van der Waals surface area contributed by atoms with Gasteiger partial charge in [0.1, 0.15) is 0 Å². The molecule has 2 aromatic carbocycles. The van der Waals surface area contributed by atoms with E-state index in [4.69, 9.17) is 0 Å². The summed E-state index contributed by atoms with van der Waals surface area (Å²) in [6, 6.07) is 16.1. The summed E-state index contributed by atoms with van der Waals surface area (Å²) in [4.78, 5) is 23.8. The molecule has 1 aliphatic rings. The maximum atomic E-state index is 12.4. The molecule has 0 spiro atoms. The normalized spacial score (nSPS) is 16.8. The third-order valence-corrected chi connectivity index (χ3v) is 3.17. The summed E-state index contributed by atoms with van der Waals surface area (Å²) in [5.74, 6) is -1.85. The third kappa shape index (κ3) is 3.76. The molecule has 0 fully saturated rings. The van der Waals surface area contributed by atoms with Gasteiger partial charge < -0.3 is 6.53 Å². The van der Waals surface area contributed by atoms with Gasteiger partial charge in [0.05, 0.1) is 11.4 Å². The number of para-hydroxylation sites is 1. The molecule has 24 heavy (non-hydrogen) atoms. The molecule has 1 N–H and O–H groups in total. The van der Waals surface area contributed by atoms with Crippen molar-refractivity contribution in [1.82, 2.24) is 0 Å². The van der Waals surface area contributed by atoms with Crippen LogP contribution in [0.15, 0.2) is 76.0 Å². The van der Waals surface area contributed by atoms with Gasteiger partial charge in [-0.25, -0.2) is 4.79 Å². The van der Waals surface area contributed by atoms with E-state index in [2.05, 4.69) is 15.3 Å². The number of carboxylic acids is 1. The van der Waals surface area contributed by atoms with Crippen LogP contribution >= 0.6 is 0 Å². The number of amides is 1. The molecule has 2 aromatic rings. The minimum absolute atomic E-state index is 0. The fraction of sp³-hybridized carbons (Fsp3) is 0.0625. The van der Waals surface area contributed by atoms with Crippen LogP contribution in [0.3, 0.4) is 0 Å². The standard InChI is InChI=1S/C16H12N4O3.Na.H/c21-15-13(18-17-11-7-3-1-4-8-11)14(16(22)23)19-20(15)12-9-5-2-6-10-12;;/h1-10,13H,(H,22,23);;/q;+1;-1. The van der Waals surface area contributed by atoms with Gasteiger partial charge in [-0.1, -0.05) is 36.4 Å². The number of rotatable bonds is 4. The van der Waals surface area contributed by atoms with Crippen molar-refractivity contribution in [1.29, 1.82) is 0 Å². The summed E-state index contributed by atoms with van der Waals surface area (Å²) in [6.07, 6.45) is 0. The van der Waals surface area contributed by atoms with Crippen LogP contribution in [0.2, 0.25) is 0 Å². The molecule has 1 aliphatic heterocycles. The number of carboxylic acid groups (broad SMARTS) is 1. The van der Waals surface area contributed by atoms with Gasteiger partial charge in [-0.05, 0) is 24.3 Å². The van der Waals surface area contributed by atoms with Gasteiger partial charge >= 0.3 is 35.5 Å². The number of anilines is 1. The Balaban J connectivity index is 0.00000156. The second kappa shape index (κ2) is 7.96. The average Bonchev–Trinajstić information content (AvgIpc) is 2.92. The van der Waals surface area contributed by atoms with E-state index in [0.29, 0.717) is 11.4 Å². The van der Waals surface area contributed by atoms with Crippen molar-refractivity contribution in [2.75, 3.05) is 5.01 Å². The fourth-order valence-electron chi connectivity index (χ4n) is 2.08. The predicted molar refractivity (Wildman–Crippen MR) is 84.9 cm³/mol. The topological polar surface area (TPSA) is 94.7 Å². The smallest absolute Gasteiger partial charge is 1.00 e. The van der Waals surface area contributed by atoms with Gasteiger partial charge in [0.15, 0.2) is 5.71 Å². The zero-order chi connectivity index (χ0) is 16.2. The van der Waals surface area contributed by atoms with Crippen molar-refractivity contribution in [3.05, 3.63) is 60.7 Å². The molecule has 8 heteroatoms. The molecule has 1 atom stereocenters. The Labute approximate surface area is 161 Å². The number of hydrogen-bond acceptors (Lipinski definition) is 5. The quantitative estimate of drug-likeness (QED) is 0.617. The molecule has 0 bridgehead atoms. The fourth-order valence-corrected chi connectivity index (χ4v) is 2.08. The second-order valence-corrected chi connectivity index (χ2v) is 4.73. The number of azo groups is 1. The molecule has 116 valence electrons. The summed E-state index contributed by atoms with van der Waals surface area (Å²) in [5.41, 5.74) is 0.662. The number of nitrogens with zero attached hydrogens (tertiary/aromatic N) is 4. The molecule has 0 saturated carbocycles. The van der Waals surface area contributed by atoms with Crippen molar-refractivity contribution in [3.63, 3.8) is 0 Å². The van der Waals surface area contributed by atoms with Crippen LogP contribution in [-0.2, 0) is 9.59 Å². The van der Waals surface area contributed by atoms with Crippen molar-refractivity contribution in [2.45, 2.75) is 6.04 Å². The zero-order valence-electron chi connectivity index (χ0n) is 13.9. The van der Waals surface area contributed by atoms with Crippen LogP contribution in [0.25, 0.3) is 0 Å². The Hall–Kier alpha value is -2.35. The summed E-state index contributed by atoms with van der Waals surface area (Å²) < 4.78 is 0. The predicted octanol–water partition coefficient (Wildman–Crippen LogP) is -0.257. The maximum Gasteiger partial charge on any atom is 1.00 e. The summed E-state index contributed by atoms with van der Waals surface area (Å²) in [7, 11) is 0. The van der Waals surface area contributed by atoms with E-state index in [0.717, 1.165) is 5.01 Å². The minimum Gasteiger partial charge on any atom is -1.00 e. The Bertz CT molecular complexity index is 800. The van der Waals surface area contributed by atoms with Gasteiger partial charge in [-0.15, -0.1) is 0 Å². The van der Waals surface area contributed by atoms with Crippen LogP contribution in [0, 0.1) is 0 Å². The van der Waals surface area contributed by atoms with E-state index < -0.39 is 17.9 Å². The molecule has 0 radical (unpaired) electrons. The number of carbonyl (C=O) groups is 2. The molecule has 7 nitrogen and oxygen atoms in total. The second-order valence-electron chi connectivity index (χ2n) is 4.73. The molecule has 1 amide bonds. The maximum absolute atomic E-state index is 12.4. The number of carbonyl (C=O) groups excluding carboxylic acids is 1. The minimum atomic E-state index is -1.30. The van der Waals surface area contributed by atoms with Gasteiger partial charge in [-0.3, -0.25) is 4.79 Å². The van der Waals surface area contributed by atoms with Gasteiger partial charge in [0, 0.05) is 0 Å². The van der Waals surface area contributed by atoms with Gasteiger partial charge in [0.2, 0.25) is 6.04 Å². The van der Waals surface area contributed by atoms with Crippen LogP contribution in [-0.4, -0.2) is 28.7 Å². The first-order valence-corrected chi connectivity index (χ1v) is 6.83. The number of hydrogen-bond donors (Lipinski definition) is 1. The zero-order valence-corrected chi connectivity index (χ0v) is 14.9. The Morgan fingerprint density at radius 3 is 2.25 bits per heavy atom. The van der Waals surface area contributed by atoms with Crippen LogP contribution in [0.1, 0.15) is 1.43 Å². The largest absolute Gasteiger partial charge is 1.00 e. The van der Waals surface area contributed by atoms with Crippen molar-refractivity contribution >= 4 is 29.0 Å². The average molecular weight is 332 g/mol. The summed E-state index contributed by atoms with van der Waals surface area (Å²) >= 11 is 0. The Kier molecular flexibility index (Phi) is 5.97. The van der Waals surface area contributed by atoms with Crippen molar-refractivity contribution in [2.24, 2.45) is 15.3 Å². The van der Waals surface area contributed by atoms with E-state index in [1.165, 1.54) is 0 Å². The van der Waals surface area contributed by atoms with Crippen LogP contribution < -0.4 is 34.6 Å². The first kappa shape index (κ1) is 18.0. The van der Waals surface area contributed by atoms with E-state index >= 15 is 0 Å². The molecule has 1 heterocycles. The third-order valence-electron chi connectivity index (χ3n) is 3.17. The molecular weight excluding hydrogens is 319 g/mol.